The molecule has 4 heteroatoms. The average Bonchev–Trinajstić information content (AvgIpc) is 1.85. The summed E-state index contributed by atoms with van der Waals surface area (Å²) in [5.41, 5.74) is 0. The molecule has 0 saturated carbocycles. The van der Waals surface area contributed by atoms with Gasteiger partial charge in [0.25, 0.3) is 0 Å². The van der Waals surface area contributed by atoms with Gasteiger partial charge in [-0.1, -0.05) is 15.9 Å². The number of hydrogen-bond donors (Lipinski definition) is 0. The molecular weight excluding hydrogens is 198 g/mol. The zero-order valence-corrected chi connectivity index (χ0v) is 8.01. The Morgan fingerprint density at radius 1 is 1.70 bits per heavy atom. The second-order valence-electron chi connectivity index (χ2n) is 2.25. The lowest BCUT2D eigenvalue weighted by Crippen LogP contribution is -2.28. The number of esters is 1. The molecule has 0 saturated heterocycles. The second kappa shape index (κ2) is 4.68. The van der Waals surface area contributed by atoms with Crippen molar-refractivity contribution in [1.82, 2.24) is 4.90 Å². The third-order valence-corrected chi connectivity index (χ3v) is 1.65. The van der Waals surface area contributed by atoms with E-state index in [0.717, 1.165) is 0 Å². The minimum atomic E-state index is -0.228. The molecule has 0 spiro atoms. The molecule has 0 amide bonds. The van der Waals surface area contributed by atoms with Crippen molar-refractivity contribution in [2.75, 3.05) is 27.7 Å². The molecule has 0 rings (SSSR count). The summed E-state index contributed by atoms with van der Waals surface area (Å²) in [5.74, 6) is -0.228. The van der Waals surface area contributed by atoms with Gasteiger partial charge in [-0.2, -0.15) is 0 Å². The predicted molar refractivity (Wildman–Crippen MR) is 43.3 cm³/mol. The van der Waals surface area contributed by atoms with E-state index in [1.165, 1.54) is 7.11 Å². The van der Waals surface area contributed by atoms with Crippen molar-refractivity contribution >= 4 is 21.9 Å². The minimum Gasteiger partial charge on any atom is -0.468 e. The molecule has 0 aliphatic carbocycles. The number of nitrogens with zero attached hydrogens (tertiary/aromatic N) is 1. The predicted octanol–water partition coefficient (Wildman–Crippen LogP) is 0.484. The maximum absolute atomic E-state index is 10.8. The maximum atomic E-state index is 10.8. The molecule has 0 bridgehead atoms. The van der Waals surface area contributed by atoms with Crippen molar-refractivity contribution in [1.29, 1.82) is 0 Å². The van der Waals surface area contributed by atoms with Crippen LogP contribution >= 0.6 is 15.9 Å². The van der Waals surface area contributed by atoms with Crippen molar-refractivity contribution in [3.63, 3.8) is 0 Å². The lowest BCUT2D eigenvalue weighted by atomic mass is 10.4. The van der Waals surface area contributed by atoms with Crippen molar-refractivity contribution < 1.29 is 9.53 Å². The van der Waals surface area contributed by atoms with Crippen molar-refractivity contribution in [3.8, 4) is 0 Å². The molecule has 0 aliphatic heterocycles. The van der Waals surface area contributed by atoms with Crippen LogP contribution in [0.25, 0.3) is 0 Å². The highest BCUT2D eigenvalue weighted by molar-refractivity contribution is 9.10. The first-order valence-electron chi connectivity index (χ1n) is 2.94. The molecule has 10 heavy (non-hydrogen) atoms. The summed E-state index contributed by atoms with van der Waals surface area (Å²) in [4.78, 5) is 12.4. The quantitative estimate of drug-likeness (QED) is 0.501. The van der Waals surface area contributed by atoms with Gasteiger partial charge < -0.3 is 9.64 Å². The van der Waals surface area contributed by atoms with Crippen LogP contribution < -0.4 is 0 Å². The second-order valence-corrected chi connectivity index (χ2v) is 3.36. The van der Waals surface area contributed by atoms with E-state index in [9.17, 15) is 4.79 Å². The zero-order valence-electron chi connectivity index (χ0n) is 6.43. The van der Waals surface area contributed by atoms with E-state index in [2.05, 4.69) is 20.7 Å². The summed E-state index contributed by atoms with van der Waals surface area (Å²) in [5, 5.41) is 0. The van der Waals surface area contributed by atoms with Crippen LogP contribution in [0.1, 0.15) is 0 Å². The first-order valence-corrected chi connectivity index (χ1v) is 3.86. The fourth-order valence-corrected chi connectivity index (χ4v) is 1.29. The van der Waals surface area contributed by atoms with Gasteiger partial charge in [0.05, 0.1) is 7.11 Å². The molecule has 0 aliphatic rings. The van der Waals surface area contributed by atoms with Gasteiger partial charge in [-0.3, -0.25) is 4.79 Å². The van der Waals surface area contributed by atoms with E-state index in [1.54, 1.807) is 0 Å². The third kappa shape index (κ3) is 3.85. The summed E-state index contributed by atoms with van der Waals surface area (Å²) in [6.07, 6.45) is 0. The number of methoxy groups -OCH3 is 1. The Balaban J connectivity index is 3.61. The third-order valence-electron chi connectivity index (χ3n) is 0.982. The average molecular weight is 210 g/mol. The summed E-state index contributed by atoms with van der Waals surface area (Å²) >= 11 is 3.19. The van der Waals surface area contributed by atoms with Crippen LogP contribution in [0.15, 0.2) is 0 Å². The number of alkyl halides is 1. The Bertz CT molecular complexity index is 116. The van der Waals surface area contributed by atoms with Crippen LogP contribution in [0.4, 0.5) is 0 Å². The maximum Gasteiger partial charge on any atom is 0.320 e. The Morgan fingerprint density at radius 2 is 2.20 bits per heavy atom. The van der Waals surface area contributed by atoms with Gasteiger partial charge in [0.15, 0.2) is 0 Å². The molecule has 60 valence electrons. The van der Waals surface area contributed by atoms with Crippen molar-refractivity contribution in [2.24, 2.45) is 0 Å². The molecule has 1 unspecified atom stereocenters. The highest BCUT2D eigenvalue weighted by Gasteiger charge is 2.14. The van der Waals surface area contributed by atoms with Gasteiger partial charge in [-0.25, -0.2) is 0 Å². The molecule has 0 radical (unpaired) electrons. The van der Waals surface area contributed by atoms with Crippen LogP contribution in [-0.4, -0.2) is 43.4 Å². The molecule has 0 aromatic rings. The summed E-state index contributed by atoms with van der Waals surface area (Å²) in [7, 11) is 5.18. The Hall–Kier alpha value is -0.0900. The molecule has 1 atom stereocenters. The number of halogens is 1. The van der Waals surface area contributed by atoms with E-state index < -0.39 is 0 Å². The van der Waals surface area contributed by atoms with Gasteiger partial charge in [0, 0.05) is 6.54 Å². The lowest BCUT2D eigenvalue weighted by molar-refractivity contribution is -0.140. The molecule has 3 nitrogen and oxygen atoms in total. The first kappa shape index (κ1) is 9.91. The number of ether oxygens (including phenoxy) is 1. The normalized spacial score (nSPS) is 13.3. The fourth-order valence-electron chi connectivity index (χ4n) is 0.523. The topological polar surface area (TPSA) is 29.5 Å². The van der Waals surface area contributed by atoms with Crippen molar-refractivity contribution in [2.45, 2.75) is 4.83 Å². The van der Waals surface area contributed by atoms with E-state index >= 15 is 0 Å². The number of carbonyl (C=O) groups excluding carboxylic acids is 1. The molecule has 0 N–H and O–H groups in total. The van der Waals surface area contributed by atoms with Gasteiger partial charge in [-0.15, -0.1) is 0 Å². The Morgan fingerprint density at radius 3 is 2.50 bits per heavy atom. The number of rotatable bonds is 3. The van der Waals surface area contributed by atoms with Gasteiger partial charge in [-0.05, 0) is 14.1 Å². The number of carbonyl (C=O) groups is 1. The van der Waals surface area contributed by atoms with Gasteiger partial charge in [0.1, 0.15) is 4.83 Å². The lowest BCUT2D eigenvalue weighted by Gasteiger charge is -2.12. The smallest absolute Gasteiger partial charge is 0.320 e. The molecule has 0 aromatic heterocycles. The molecule has 0 fully saturated rings. The standard InChI is InChI=1S/C6H12BrNO2/c1-8(2)4-5(7)6(9)10-3/h5H,4H2,1-3H3. The highest BCUT2D eigenvalue weighted by Crippen LogP contribution is 2.01. The van der Waals surface area contributed by atoms with E-state index in [4.69, 9.17) is 0 Å². The Labute approximate surface area is 69.5 Å². The van der Waals surface area contributed by atoms with Crippen LogP contribution in [0.2, 0.25) is 0 Å². The van der Waals surface area contributed by atoms with Crippen molar-refractivity contribution in [3.05, 3.63) is 0 Å². The Kier molecular flexibility index (Phi) is 4.64. The van der Waals surface area contributed by atoms with E-state index in [0.29, 0.717) is 6.54 Å². The van der Waals surface area contributed by atoms with Crippen LogP contribution in [0.3, 0.4) is 0 Å². The summed E-state index contributed by atoms with van der Waals surface area (Å²) in [6.45, 7) is 0.659. The zero-order chi connectivity index (χ0) is 8.15. The molecular formula is C6H12BrNO2. The van der Waals surface area contributed by atoms with Crippen LogP contribution in [-0.2, 0) is 9.53 Å². The van der Waals surface area contributed by atoms with Crippen LogP contribution in [0, 0.1) is 0 Å². The SMILES string of the molecule is COC(=O)C(Br)CN(C)C. The van der Waals surface area contributed by atoms with E-state index in [-0.39, 0.29) is 10.8 Å². The molecule has 0 aromatic carbocycles. The van der Waals surface area contributed by atoms with E-state index in [1.807, 2.05) is 19.0 Å². The molecule has 0 heterocycles. The number of hydrogen-bond acceptors (Lipinski definition) is 3. The largest absolute Gasteiger partial charge is 0.468 e. The fraction of sp³-hybridized carbons (Fsp3) is 0.833. The minimum absolute atomic E-state index is 0.215. The van der Waals surface area contributed by atoms with Gasteiger partial charge in [0.2, 0.25) is 0 Å². The monoisotopic (exact) mass is 209 g/mol. The highest BCUT2D eigenvalue weighted by atomic mass is 79.9. The summed E-state index contributed by atoms with van der Waals surface area (Å²) in [6, 6.07) is 0. The first-order chi connectivity index (χ1) is 4.57. The van der Waals surface area contributed by atoms with Gasteiger partial charge >= 0.3 is 5.97 Å². The van der Waals surface area contributed by atoms with Crippen LogP contribution in [0.5, 0.6) is 0 Å². The summed E-state index contributed by atoms with van der Waals surface area (Å²) < 4.78 is 4.50.